The molecule has 0 saturated heterocycles. The molecule has 1 aromatic rings. The Labute approximate surface area is 120 Å². The number of nitrogens with zero attached hydrogens (tertiary/aromatic N) is 2. The molecule has 0 aliphatic rings. The predicted molar refractivity (Wildman–Crippen MR) is 84.3 cm³/mol. The number of carbonyl (C=O) groups is 1. The van der Waals surface area contributed by atoms with Crippen LogP contribution in [-0.4, -0.2) is 36.8 Å². The van der Waals surface area contributed by atoms with E-state index in [-0.39, 0.29) is 11.8 Å². The van der Waals surface area contributed by atoms with Crippen LogP contribution in [0.15, 0.2) is 29.3 Å². The van der Waals surface area contributed by atoms with Crippen molar-refractivity contribution in [2.45, 2.75) is 26.8 Å². The van der Waals surface area contributed by atoms with Gasteiger partial charge in [0.2, 0.25) is 5.91 Å². The summed E-state index contributed by atoms with van der Waals surface area (Å²) in [5.41, 5.74) is 7.38. The van der Waals surface area contributed by atoms with E-state index in [1.165, 1.54) is 0 Å². The fourth-order valence-corrected chi connectivity index (χ4v) is 1.43. The molecule has 0 saturated carbocycles. The van der Waals surface area contributed by atoms with Crippen molar-refractivity contribution in [1.29, 1.82) is 0 Å². The van der Waals surface area contributed by atoms with Crippen molar-refractivity contribution in [3.8, 4) is 0 Å². The lowest BCUT2D eigenvalue weighted by Crippen LogP contribution is -2.39. The number of nitrogens with two attached hydrogens (primary N) is 1. The molecule has 1 amide bonds. The highest BCUT2D eigenvalue weighted by Gasteiger charge is 2.16. The number of rotatable bonds is 4. The van der Waals surface area contributed by atoms with Crippen LogP contribution < -0.4 is 11.1 Å². The van der Waals surface area contributed by atoms with Crippen LogP contribution >= 0.6 is 0 Å². The molecule has 0 heterocycles. The number of hydrogen-bond acceptors (Lipinski definition) is 3. The topological polar surface area (TPSA) is 70.7 Å². The van der Waals surface area contributed by atoms with E-state index >= 15 is 0 Å². The van der Waals surface area contributed by atoms with E-state index in [0.29, 0.717) is 0 Å². The zero-order valence-corrected chi connectivity index (χ0v) is 12.8. The van der Waals surface area contributed by atoms with Crippen molar-refractivity contribution in [1.82, 2.24) is 4.90 Å². The molecule has 1 rings (SSSR count). The van der Waals surface area contributed by atoms with Gasteiger partial charge in [-0.3, -0.25) is 4.79 Å². The van der Waals surface area contributed by atoms with Crippen molar-refractivity contribution < 1.29 is 4.79 Å². The van der Waals surface area contributed by atoms with E-state index in [9.17, 15) is 4.79 Å². The number of carbonyl (C=O) groups excluding carboxylic acids is 1. The van der Waals surface area contributed by atoms with Crippen molar-refractivity contribution >= 4 is 23.1 Å². The van der Waals surface area contributed by atoms with Gasteiger partial charge in [-0.25, -0.2) is 4.99 Å². The maximum atomic E-state index is 11.8. The summed E-state index contributed by atoms with van der Waals surface area (Å²) in [6, 6.07) is 6.88. The largest absolute Gasteiger partial charge is 0.366 e. The van der Waals surface area contributed by atoms with Gasteiger partial charge in [-0.15, -0.1) is 0 Å². The summed E-state index contributed by atoms with van der Waals surface area (Å²) in [6.45, 7) is 5.79. The lowest BCUT2D eigenvalue weighted by atomic mass is 10.0. The molecule has 0 unspecified atom stereocenters. The molecule has 5 nitrogen and oxygen atoms in total. The minimum absolute atomic E-state index is 0.113. The second-order valence-electron chi connectivity index (χ2n) is 5.36. The summed E-state index contributed by atoms with van der Waals surface area (Å²) in [7, 11) is 3.89. The summed E-state index contributed by atoms with van der Waals surface area (Å²) < 4.78 is 0. The Morgan fingerprint density at radius 1 is 1.25 bits per heavy atom. The zero-order valence-electron chi connectivity index (χ0n) is 12.8. The lowest BCUT2D eigenvalue weighted by Gasteiger charge is -2.15. The number of amidine groups is 1. The lowest BCUT2D eigenvalue weighted by molar-refractivity contribution is -0.118. The predicted octanol–water partition coefficient (Wildman–Crippen LogP) is 2.22. The van der Waals surface area contributed by atoms with E-state index in [4.69, 9.17) is 5.73 Å². The molecule has 20 heavy (non-hydrogen) atoms. The third-order valence-corrected chi connectivity index (χ3v) is 3.09. The Morgan fingerprint density at radius 2 is 1.80 bits per heavy atom. The van der Waals surface area contributed by atoms with Crippen LogP contribution in [0.2, 0.25) is 0 Å². The van der Waals surface area contributed by atoms with Crippen LogP contribution in [0, 0.1) is 5.92 Å². The molecule has 1 aromatic carbocycles. The first-order chi connectivity index (χ1) is 9.31. The number of amides is 1. The first-order valence-corrected chi connectivity index (χ1v) is 6.70. The summed E-state index contributed by atoms with van der Waals surface area (Å²) in [6.07, 6.45) is 0. The highest BCUT2D eigenvalue weighted by atomic mass is 16.2. The van der Waals surface area contributed by atoms with Crippen molar-refractivity contribution in [3.05, 3.63) is 24.3 Å². The molecule has 3 N–H and O–H groups in total. The average molecular weight is 276 g/mol. The second-order valence-corrected chi connectivity index (χ2v) is 5.36. The highest BCUT2D eigenvalue weighted by molar-refractivity contribution is 5.95. The maximum Gasteiger partial charge on any atom is 0.241 e. The molecule has 0 spiro atoms. The zero-order chi connectivity index (χ0) is 15.3. The molecule has 5 heteroatoms. The van der Waals surface area contributed by atoms with E-state index in [1.54, 1.807) is 0 Å². The van der Waals surface area contributed by atoms with Crippen molar-refractivity contribution in [3.63, 3.8) is 0 Å². The van der Waals surface area contributed by atoms with Gasteiger partial charge in [-0.05, 0) is 37.1 Å². The Bertz CT molecular complexity index is 477. The van der Waals surface area contributed by atoms with E-state index in [1.807, 2.05) is 64.0 Å². The van der Waals surface area contributed by atoms with Crippen LogP contribution in [0.3, 0.4) is 0 Å². The molecule has 0 aliphatic heterocycles. The Balaban J connectivity index is 2.73. The molecule has 0 aromatic heterocycles. The standard InChI is InChI=1S/C15H24N4O/c1-10(2)14(16)15(20)18-13-8-6-12(7-9-13)17-11(3)19(4)5/h6-10,14H,16H2,1-5H3,(H,18,20)/t14-/m0/s1. The molecule has 0 fully saturated rings. The third kappa shape index (κ3) is 4.66. The molecular formula is C15H24N4O. The third-order valence-electron chi connectivity index (χ3n) is 3.09. The van der Waals surface area contributed by atoms with Gasteiger partial charge in [0.15, 0.2) is 0 Å². The minimum Gasteiger partial charge on any atom is -0.366 e. The molecule has 0 bridgehead atoms. The quantitative estimate of drug-likeness (QED) is 0.654. The number of hydrogen-bond donors (Lipinski definition) is 2. The highest BCUT2D eigenvalue weighted by Crippen LogP contribution is 2.17. The molecule has 110 valence electrons. The van der Waals surface area contributed by atoms with Crippen LogP contribution in [0.25, 0.3) is 0 Å². The second kappa shape index (κ2) is 7.05. The Kier molecular flexibility index (Phi) is 5.70. The molecule has 1 atom stereocenters. The first-order valence-electron chi connectivity index (χ1n) is 6.70. The smallest absolute Gasteiger partial charge is 0.241 e. The first kappa shape index (κ1) is 16.2. The molecular weight excluding hydrogens is 252 g/mol. The number of anilines is 1. The monoisotopic (exact) mass is 276 g/mol. The van der Waals surface area contributed by atoms with Gasteiger partial charge in [0, 0.05) is 19.8 Å². The van der Waals surface area contributed by atoms with Gasteiger partial charge in [0.1, 0.15) is 5.84 Å². The SMILES string of the molecule is CC(=Nc1ccc(NC(=O)[C@@H](N)C(C)C)cc1)N(C)C. The van der Waals surface area contributed by atoms with E-state index < -0.39 is 6.04 Å². The summed E-state index contributed by atoms with van der Waals surface area (Å²) in [5, 5.41) is 2.80. The number of aliphatic imine (C=N–C) groups is 1. The molecule has 0 aliphatic carbocycles. The molecule has 0 radical (unpaired) electrons. The van der Waals surface area contributed by atoms with Gasteiger partial charge in [0.05, 0.1) is 11.7 Å². The fourth-order valence-electron chi connectivity index (χ4n) is 1.43. The average Bonchev–Trinajstić information content (AvgIpc) is 2.39. The minimum atomic E-state index is -0.497. The Hall–Kier alpha value is -1.88. The van der Waals surface area contributed by atoms with Crippen LogP contribution in [0.4, 0.5) is 11.4 Å². The summed E-state index contributed by atoms with van der Waals surface area (Å²) in [5.74, 6) is 0.867. The van der Waals surface area contributed by atoms with Crippen LogP contribution in [-0.2, 0) is 4.79 Å². The number of benzene rings is 1. The van der Waals surface area contributed by atoms with E-state index in [0.717, 1.165) is 17.2 Å². The van der Waals surface area contributed by atoms with Gasteiger partial charge in [-0.1, -0.05) is 13.8 Å². The van der Waals surface area contributed by atoms with Crippen LogP contribution in [0.1, 0.15) is 20.8 Å². The van der Waals surface area contributed by atoms with Gasteiger partial charge in [-0.2, -0.15) is 0 Å². The summed E-state index contributed by atoms with van der Waals surface area (Å²) in [4.78, 5) is 18.2. The number of nitrogens with one attached hydrogen (secondary N) is 1. The maximum absolute atomic E-state index is 11.8. The van der Waals surface area contributed by atoms with Gasteiger partial charge < -0.3 is 16.0 Å². The van der Waals surface area contributed by atoms with Crippen LogP contribution in [0.5, 0.6) is 0 Å². The van der Waals surface area contributed by atoms with Crippen molar-refractivity contribution in [2.24, 2.45) is 16.6 Å². The fraction of sp³-hybridized carbons (Fsp3) is 0.467. The van der Waals surface area contributed by atoms with Gasteiger partial charge >= 0.3 is 0 Å². The normalized spacial score (nSPS) is 13.2. The van der Waals surface area contributed by atoms with Crippen molar-refractivity contribution in [2.75, 3.05) is 19.4 Å². The van der Waals surface area contributed by atoms with E-state index in [2.05, 4.69) is 10.3 Å². The Morgan fingerprint density at radius 3 is 2.25 bits per heavy atom. The summed E-state index contributed by atoms with van der Waals surface area (Å²) >= 11 is 0. The van der Waals surface area contributed by atoms with Gasteiger partial charge in [0.25, 0.3) is 0 Å².